The van der Waals surface area contributed by atoms with Gasteiger partial charge in [0.15, 0.2) is 6.23 Å². The van der Waals surface area contributed by atoms with Crippen LogP contribution in [0.1, 0.15) is 48.9 Å². The Balaban J connectivity index is 1.02. The van der Waals surface area contributed by atoms with E-state index >= 15 is 0 Å². The van der Waals surface area contributed by atoms with E-state index in [1.165, 1.54) is 4.90 Å². The minimum atomic E-state index is -1.11. The highest BCUT2D eigenvalue weighted by Gasteiger charge is 2.56. The monoisotopic (exact) mass is 645 g/mol. The molecule has 1 aromatic rings. The lowest BCUT2D eigenvalue weighted by atomic mass is 9.67. The number of amides is 3. The first kappa shape index (κ1) is 34.1. The number of nitrogens with one attached hydrogen (secondary N) is 1. The molecule has 254 valence electrons. The van der Waals surface area contributed by atoms with Gasteiger partial charge in [0, 0.05) is 38.8 Å². The number of morpholine rings is 1. The smallest absolute Gasteiger partial charge is 0.252 e. The van der Waals surface area contributed by atoms with E-state index in [9.17, 15) is 19.5 Å². The molecule has 4 heterocycles. The maximum Gasteiger partial charge on any atom is 0.252 e. The van der Waals surface area contributed by atoms with Crippen LogP contribution in [0.3, 0.4) is 0 Å². The van der Waals surface area contributed by atoms with Gasteiger partial charge in [0.05, 0.1) is 63.4 Å². The van der Waals surface area contributed by atoms with Crippen LogP contribution in [0.4, 0.5) is 5.82 Å². The lowest BCUT2D eigenvalue weighted by molar-refractivity contribution is -0.170. The number of aliphatic imine (C=N–C) groups is 1. The number of likely N-dealkylation sites (tertiary alicyclic amines) is 1. The molecule has 1 spiro atoms. The van der Waals surface area contributed by atoms with Gasteiger partial charge in [-0.3, -0.25) is 24.3 Å². The van der Waals surface area contributed by atoms with Crippen LogP contribution in [0.25, 0.3) is 0 Å². The minimum Gasteiger partial charge on any atom is -0.378 e. The molecule has 1 aliphatic carbocycles. The van der Waals surface area contributed by atoms with Crippen molar-refractivity contribution in [3.8, 4) is 0 Å². The Bertz CT molecular complexity index is 1200. The van der Waals surface area contributed by atoms with Gasteiger partial charge < -0.3 is 44.9 Å². The molecule has 1 unspecified atom stereocenters. The molecule has 0 radical (unpaired) electrons. The third-order valence-electron chi connectivity index (χ3n) is 8.90. The lowest BCUT2D eigenvalue weighted by Gasteiger charge is -2.59. The van der Waals surface area contributed by atoms with E-state index in [-0.39, 0.29) is 49.1 Å². The second-order valence-corrected chi connectivity index (χ2v) is 12.1. The first-order valence-electron chi connectivity index (χ1n) is 16.3. The van der Waals surface area contributed by atoms with Gasteiger partial charge in [-0.05, 0) is 44.2 Å². The Labute approximate surface area is 269 Å². The second-order valence-electron chi connectivity index (χ2n) is 12.1. The summed E-state index contributed by atoms with van der Waals surface area (Å²) in [6.45, 7) is 4.91. The predicted octanol–water partition coefficient (Wildman–Crippen LogP) is -0.481. The van der Waals surface area contributed by atoms with Gasteiger partial charge in [-0.2, -0.15) is 0 Å². The van der Waals surface area contributed by atoms with Crippen LogP contribution in [-0.2, 0) is 28.5 Å². The molecular formula is C31H47N7O8. The summed E-state index contributed by atoms with van der Waals surface area (Å²) in [5.74, 6) is 0.814. The summed E-state index contributed by atoms with van der Waals surface area (Å²) < 4.78 is 21.2. The van der Waals surface area contributed by atoms with E-state index in [1.807, 2.05) is 6.07 Å². The summed E-state index contributed by atoms with van der Waals surface area (Å²) in [4.78, 5) is 52.8. The van der Waals surface area contributed by atoms with Crippen molar-refractivity contribution < 1.29 is 38.4 Å². The molecule has 5 rings (SSSR count). The molecule has 3 aliphatic heterocycles. The molecule has 3 saturated heterocycles. The van der Waals surface area contributed by atoms with Crippen LogP contribution in [0, 0.1) is 0 Å². The minimum absolute atomic E-state index is 0.00876. The van der Waals surface area contributed by atoms with Gasteiger partial charge in [-0.15, -0.1) is 0 Å². The zero-order valence-corrected chi connectivity index (χ0v) is 26.4. The van der Waals surface area contributed by atoms with Crippen LogP contribution >= 0.6 is 0 Å². The third-order valence-corrected chi connectivity index (χ3v) is 8.90. The van der Waals surface area contributed by atoms with Gasteiger partial charge in [-0.1, -0.05) is 0 Å². The van der Waals surface area contributed by atoms with Gasteiger partial charge in [0.25, 0.3) is 11.8 Å². The van der Waals surface area contributed by atoms with E-state index in [1.54, 1.807) is 17.2 Å². The highest BCUT2D eigenvalue weighted by Crippen LogP contribution is 2.48. The number of carbonyl (C=O) groups is 3. The van der Waals surface area contributed by atoms with E-state index in [0.717, 1.165) is 63.3 Å². The highest BCUT2D eigenvalue weighted by atomic mass is 16.5. The molecule has 15 nitrogen and oxygen atoms in total. The summed E-state index contributed by atoms with van der Waals surface area (Å²) in [5.41, 5.74) is 5.65. The fourth-order valence-electron chi connectivity index (χ4n) is 6.24. The second kappa shape index (κ2) is 16.6. The van der Waals surface area contributed by atoms with Crippen LogP contribution in [0.2, 0.25) is 0 Å². The number of aliphatic hydroxyl groups excluding tert-OH is 1. The van der Waals surface area contributed by atoms with Crippen LogP contribution in [0.5, 0.6) is 0 Å². The van der Waals surface area contributed by atoms with Crippen molar-refractivity contribution in [2.24, 2.45) is 10.7 Å². The average Bonchev–Trinajstić information content (AvgIpc) is 3.03. The van der Waals surface area contributed by atoms with E-state index in [0.29, 0.717) is 58.3 Å². The van der Waals surface area contributed by atoms with E-state index in [4.69, 9.17) is 29.7 Å². The Morgan fingerprint density at radius 1 is 1.09 bits per heavy atom. The summed E-state index contributed by atoms with van der Waals surface area (Å²) in [5, 5.41) is 13.0. The van der Waals surface area contributed by atoms with Crippen molar-refractivity contribution in [3.05, 3.63) is 23.9 Å². The first-order valence-corrected chi connectivity index (χ1v) is 16.3. The van der Waals surface area contributed by atoms with Crippen molar-refractivity contribution in [1.29, 1.82) is 0 Å². The zero-order chi connectivity index (χ0) is 32.4. The molecule has 4 aliphatic rings. The fraction of sp³-hybridized carbons (Fsp3) is 0.710. The van der Waals surface area contributed by atoms with Crippen molar-refractivity contribution >= 4 is 29.4 Å². The number of nitrogens with two attached hydrogens (primary N) is 1. The maximum atomic E-state index is 13.4. The number of ether oxygens (including phenoxy) is 4. The van der Waals surface area contributed by atoms with Gasteiger partial charge in [0.2, 0.25) is 5.91 Å². The Kier molecular flexibility index (Phi) is 12.3. The number of pyridine rings is 1. The number of hydrogen-bond donors (Lipinski definition) is 3. The summed E-state index contributed by atoms with van der Waals surface area (Å²) in [6.07, 6.45) is 5.82. The normalized spacial score (nSPS) is 22.2. The number of amidine groups is 1. The predicted molar refractivity (Wildman–Crippen MR) is 167 cm³/mol. The third kappa shape index (κ3) is 8.57. The number of aliphatic hydroxyl groups is 1. The van der Waals surface area contributed by atoms with E-state index in [2.05, 4.69) is 15.2 Å². The number of hydrogen-bond acceptors (Lipinski definition) is 12. The molecule has 4 N–H and O–H groups in total. The largest absolute Gasteiger partial charge is 0.378 e. The average molecular weight is 646 g/mol. The summed E-state index contributed by atoms with van der Waals surface area (Å²) in [7, 11) is 0. The Hall–Kier alpha value is -3.21. The van der Waals surface area contributed by atoms with Crippen molar-refractivity contribution in [2.75, 3.05) is 90.5 Å². The topological polar surface area (TPSA) is 181 Å². The van der Waals surface area contributed by atoms with Crippen LogP contribution in [0.15, 0.2) is 23.3 Å². The fourth-order valence-corrected chi connectivity index (χ4v) is 6.24. The molecule has 15 heteroatoms. The molecule has 3 amide bonds. The molecule has 46 heavy (non-hydrogen) atoms. The van der Waals surface area contributed by atoms with E-state index < -0.39 is 6.23 Å². The van der Waals surface area contributed by atoms with Crippen LogP contribution in [-0.4, -0.2) is 147 Å². The van der Waals surface area contributed by atoms with Crippen molar-refractivity contribution in [3.63, 3.8) is 0 Å². The number of rotatable bonds is 16. The lowest BCUT2D eigenvalue weighted by Crippen LogP contribution is -2.70. The Morgan fingerprint density at radius 2 is 1.80 bits per heavy atom. The molecule has 0 bridgehead atoms. The first-order chi connectivity index (χ1) is 22.4. The number of nitrogens with zero attached hydrogens (tertiary/aromatic N) is 5. The van der Waals surface area contributed by atoms with Gasteiger partial charge >= 0.3 is 0 Å². The van der Waals surface area contributed by atoms with Crippen LogP contribution < -0.4 is 16.0 Å². The van der Waals surface area contributed by atoms with Gasteiger partial charge in [-0.25, -0.2) is 4.98 Å². The van der Waals surface area contributed by atoms with Gasteiger partial charge in [0.1, 0.15) is 24.8 Å². The number of piperidine rings is 1. The number of anilines is 1. The molecule has 1 saturated carbocycles. The summed E-state index contributed by atoms with van der Waals surface area (Å²) >= 11 is 0. The molecule has 4 fully saturated rings. The number of aromatic nitrogens is 1. The van der Waals surface area contributed by atoms with Crippen molar-refractivity contribution in [2.45, 2.75) is 56.3 Å². The highest BCUT2D eigenvalue weighted by molar-refractivity contribution is 6.06. The SMILES string of the molecule is NCCOCCOCCOCCNC(=O)c1ccc(N2CCC(N=C3CC4(CCC4)N3C(=O)CN3C(=O)COCC3O)CC2)nc1. The molecule has 0 aromatic carbocycles. The number of carbonyl (C=O) groups excluding carboxylic acids is 3. The Morgan fingerprint density at radius 3 is 2.43 bits per heavy atom. The molecule has 1 atom stereocenters. The zero-order valence-electron chi connectivity index (χ0n) is 26.4. The maximum absolute atomic E-state index is 13.4. The summed E-state index contributed by atoms with van der Waals surface area (Å²) in [6, 6.07) is 3.72. The standard InChI is InChI=1S/C31H47N7O8/c32-8-12-43-14-16-45-17-15-44-13-9-33-30(42)23-2-3-25(34-19-23)36-10-4-24(5-11-36)35-26-18-31(6-1-7-31)38(26)27(39)20-37-28(40)21-46-22-29(37)41/h2-3,19,24,28,40H,1,4-18,20-22,32H2,(H,33,42). The quantitative estimate of drug-likeness (QED) is 0.198. The molecular weight excluding hydrogens is 598 g/mol. The van der Waals surface area contributed by atoms with Crippen molar-refractivity contribution in [1.82, 2.24) is 20.1 Å². The molecule has 1 aromatic heterocycles.